The third-order valence-electron chi connectivity index (χ3n) is 3.43. The lowest BCUT2D eigenvalue weighted by atomic mass is 10.3. The first-order valence-electron chi connectivity index (χ1n) is 5.35. The molecule has 3 atom stereocenters. The number of nitrogens with zero attached hydrogens (tertiary/aromatic N) is 5. The van der Waals surface area contributed by atoms with Gasteiger partial charge in [0.05, 0.1) is 6.04 Å². The molecule has 2 heterocycles. The molecule has 0 bridgehead atoms. The minimum Gasteiger partial charge on any atom is -0.303 e. The largest absolute Gasteiger partial charge is 0.303 e. The molecule has 1 saturated heterocycles. The summed E-state index contributed by atoms with van der Waals surface area (Å²) < 4.78 is 1.93. The van der Waals surface area contributed by atoms with Crippen molar-refractivity contribution < 1.29 is 0 Å². The normalized spacial score (nSPS) is 35.9. The molecule has 2 fully saturated rings. The fraction of sp³-hybridized carbons (Fsp3) is 0.889. The molecular formula is C9H15N5. The Bertz CT molecular complexity index is 297. The first-order chi connectivity index (χ1) is 6.90. The van der Waals surface area contributed by atoms with Crippen LogP contribution in [0.5, 0.6) is 0 Å². The summed E-state index contributed by atoms with van der Waals surface area (Å²) in [6, 6.07) is 0.595. The molecule has 1 aliphatic heterocycles. The highest BCUT2D eigenvalue weighted by atomic mass is 15.5. The molecule has 0 aromatic carbocycles. The van der Waals surface area contributed by atoms with Crippen LogP contribution in [0.25, 0.3) is 0 Å². The first-order valence-corrected chi connectivity index (χ1v) is 5.35. The van der Waals surface area contributed by atoms with Gasteiger partial charge in [-0.15, -0.1) is 5.10 Å². The van der Waals surface area contributed by atoms with Gasteiger partial charge < -0.3 is 4.90 Å². The molecule has 3 rings (SSSR count). The molecule has 1 unspecified atom stereocenters. The van der Waals surface area contributed by atoms with Crippen LogP contribution in [0.2, 0.25) is 0 Å². The van der Waals surface area contributed by atoms with Gasteiger partial charge in [0.2, 0.25) is 0 Å². The van der Waals surface area contributed by atoms with Gasteiger partial charge in [-0.05, 0) is 23.4 Å². The Morgan fingerprint density at radius 2 is 2.14 bits per heavy atom. The second-order valence-electron chi connectivity index (χ2n) is 4.37. The molecule has 76 valence electrons. The molecular weight excluding hydrogens is 178 g/mol. The molecule has 0 N–H and O–H groups in total. The monoisotopic (exact) mass is 193 g/mol. The number of tetrazole rings is 1. The summed E-state index contributed by atoms with van der Waals surface area (Å²) in [6.07, 6.45) is 3.00. The molecule has 0 amide bonds. The highest BCUT2D eigenvalue weighted by Gasteiger charge is 2.57. The lowest BCUT2D eigenvalue weighted by Gasteiger charge is -2.17. The molecule has 2 aliphatic rings. The van der Waals surface area contributed by atoms with Gasteiger partial charge in [-0.1, -0.05) is 6.92 Å². The van der Waals surface area contributed by atoms with Crippen LogP contribution >= 0.6 is 0 Å². The number of hydrogen-bond acceptors (Lipinski definition) is 4. The number of aromatic nitrogens is 4. The highest BCUT2D eigenvalue weighted by Crippen LogP contribution is 2.54. The van der Waals surface area contributed by atoms with E-state index >= 15 is 0 Å². The van der Waals surface area contributed by atoms with E-state index in [0.717, 1.165) is 11.8 Å². The number of rotatable bonds is 3. The zero-order chi connectivity index (χ0) is 9.54. The maximum absolute atomic E-state index is 3.97. The summed E-state index contributed by atoms with van der Waals surface area (Å²) in [5.74, 6) is 1.62. The Hall–Kier alpha value is -0.970. The van der Waals surface area contributed by atoms with E-state index in [1.807, 2.05) is 4.68 Å². The van der Waals surface area contributed by atoms with Gasteiger partial charge in [0.15, 0.2) is 0 Å². The van der Waals surface area contributed by atoms with Crippen molar-refractivity contribution in [1.82, 2.24) is 25.1 Å². The second kappa shape index (κ2) is 3.02. The van der Waals surface area contributed by atoms with Crippen LogP contribution in [0.1, 0.15) is 19.4 Å². The summed E-state index contributed by atoms with van der Waals surface area (Å²) in [5.41, 5.74) is 0. The van der Waals surface area contributed by atoms with Crippen molar-refractivity contribution in [2.75, 3.05) is 19.6 Å². The smallest absolute Gasteiger partial charge is 0.138 e. The van der Waals surface area contributed by atoms with Gasteiger partial charge >= 0.3 is 0 Å². The van der Waals surface area contributed by atoms with Crippen LogP contribution in [-0.2, 0) is 0 Å². The van der Waals surface area contributed by atoms with E-state index in [2.05, 4.69) is 27.3 Å². The van der Waals surface area contributed by atoms with E-state index in [1.165, 1.54) is 26.1 Å². The summed E-state index contributed by atoms with van der Waals surface area (Å²) in [6.45, 7) is 5.96. The van der Waals surface area contributed by atoms with Crippen LogP contribution < -0.4 is 0 Å². The van der Waals surface area contributed by atoms with Crippen molar-refractivity contribution in [3.63, 3.8) is 0 Å². The summed E-state index contributed by atoms with van der Waals surface area (Å²) in [5, 5.41) is 11.3. The predicted octanol–water partition coefficient (Wildman–Crippen LogP) is 0.186. The van der Waals surface area contributed by atoms with Crippen LogP contribution in [0.3, 0.4) is 0 Å². The van der Waals surface area contributed by atoms with Gasteiger partial charge in [-0.3, -0.25) is 0 Å². The Labute approximate surface area is 83.1 Å². The number of piperidine rings is 1. The Kier molecular flexibility index (Phi) is 1.80. The highest BCUT2D eigenvalue weighted by molar-refractivity contribution is 5.07. The Morgan fingerprint density at radius 1 is 1.36 bits per heavy atom. The van der Waals surface area contributed by atoms with Gasteiger partial charge in [-0.2, -0.15) is 0 Å². The van der Waals surface area contributed by atoms with E-state index in [-0.39, 0.29) is 0 Å². The zero-order valence-corrected chi connectivity index (χ0v) is 8.37. The minimum atomic E-state index is 0.595. The van der Waals surface area contributed by atoms with E-state index in [9.17, 15) is 0 Å². The third-order valence-corrected chi connectivity index (χ3v) is 3.43. The molecule has 1 aromatic rings. The maximum atomic E-state index is 3.97. The van der Waals surface area contributed by atoms with Gasteiger partial charge in [0.1, 0.15) is 6.33 Å². The lowest BCUT2D eigenvalue weighted by molar-refractivity contribution is 0.280. The van der Waals surface area contributed by atoms with E-state index in [0.29, 0.717) is 6.04 Å². The Morgan fingerprint density at radius 3 is 2.71 bits per heavy atom. The number of hydrogen-bond donors (Lipinski definition) is 0. The van der Waals surface area contributed by atoms with Crippen LogP contribution in [0.4, 0.5) is 0 Å². The molecule has 5 heteroatoms. The number of likely N-dealkylation sites (tertiary alicyclic amines) is 1. The standard InChI is InChI=1S/C9H15N5/c1-2-3-13-4-7-8(5-13)9(7)14-6-10-11-12-14/h6-9H,2-5H2,1H3/t7-,8+,9?. The average molecular weight is 193 g/mol. The van der Waals surface area contributed by atoms with Crippen molar-refractivity contribution in [2.24, 2.45) is 11.8 Å². The second-order valence-corrected chi connectivity index (χ2v) is 4.37. The van der Waals surface area contributed by atoms with E-state index < -0.39 is 0 Å². The average Bonchev–Trinajstić information content (AvgIpc) is 2.63. The topological polar surface area (TPSA) is 46.8 Å². The molecule has 1 saturated carbocycles. The van der Waals surface area contributed by atoms with Crippen molar-refractivity contribution in [1.29, 1.82) is 0 Å². The summed E-state index contributed by atoms with van der Waals surface area (Å²) >= 11 is 0. The summed E-state index contributed by atoms with van der Waals surface area (Å²) in [7, 11) is 0. The van der Waals surface area contributed by atoms with Gasteiger partial charge in [0, 0.05) is 24.9 Å². The molecule has 14 heavy (non-hydrogen) atoms. The number of fused-ring (bicyclic) bond motifs is 1. The van der Waals surface area contributed by atoms with Crippen molar-refractivity contribution in [3.8, 4) is 0 Å². The van der Waals surface area contributed by atoms with Crippen LogP contribution in [0, 0.1) is 11.8 Å². The van der Waals surface area contributed by atoms with Crippen molar-refractivity contribution >= 4 is 0 Å². The molecule has 0 radical (unpaired) electrons. The first kappa shape index (κ1) is 8.35. The molecule has 0 spiro atoms. The fourth-order valence-corrected chi connectivity index (χ4v) is 2.78. The zero-order valence-electron chi connectivity index (χ0n) is 8.37. The van der Waals surface area contributed by atoms with Crippen molar-refractivity contribution in [2.45, 2.75) is 19.4 Å². The van der Waals surface area contributed by atoms with Crippen LogP contribution in [-0.4, -0.2) is 44.7 Å². The lowest BCUT2D eigenvalue weighted by Crippen LogP contribution is -2.26. The van der Waals surface area contributed by atoms with Crippen molar-refractivity contribution in [3.05, 3.63) is 6.33 Å². The van der Waals surface area contributed by atoms with E-state index in [1.54, 1.807) is 6.33 Å². The quantitative estimate of drug-likeness (QED) is 0.687. The van der Waals surface area contributed by atoms with Gasteiger partial charge in [-0.25, -0.2) is 4.68 Å². The maximum Gasteiger partial charge on any atom is 0.138 e. The Balaban J connectivity index is 1.61. The van der Waals surface area contributed by atoms with E-state index in [4.69, 9.17) is 0 Å². The molecule has 1 aliphatic carbocycles. The van der Waals surface area contributed by atoms with Gasteiger partial charge in [0.25, 0.3) is 0 Å². The molecule has 5 nitrogen and oxygen atoms in total. The van der Waals surface area contributed by atoms with Crippen LogP contribution in [0.15, 0.2) is 6.33 Å². The minimum absolute atomic E-state index is 0.595. The predicted molar refractivity (Wildman–Crippen MR) is 50.6 cm³/mol. The molecule has 1 aromatic heterocycles. The summed E-state index contributed by atoms with van der Waals surface area (Å²) in [4.78, 5) is 2.55. The third kappa shape index (κ3) is 1.15. The fourth-order valence-electron chi connectivity index (χ4n) is 2.78. The SMILES string of the molecule is CCCN1C[C@@H]2C(n3cnnn3)[C@@H]2C1.